The highest BCUT2D eigenvalue weighted by Gasteiger charge is 2.34. The minimum atomic E-state index is -1.56. The van der Waals surface area contributed by atoms with Crippen molar-refractivity contribution in [2.75, 3.05) is 70.1 Å². The average Bonchev–Trinajstić information content (AvgIpc) is 4.25. The van der Waals surface area contributed by atoms with E-state index in [1.54, 1.807) is 5.38 Å². The maximum absolute atomic E-state index is 13.8. The average molecular weight is 1210 g/mol. The first-order chi connectivity index (χ1) is 38.5. The summed E-state index contributed by atoms with van der Waals surface area (Å²) in [6.07, 6.45) is 2.18. The second kappa shape index (κ2) is 34.4. The first kappa shape index (κ1) is 67.4. The molecule has 0 aromatic carbocycles. The number of thiazole rings is 3. The van der Waals surface area contributed by atoms with E-state index in [0.717, 1.165) is 51.9 Å². The molecule has 4 rings (SSSR count). The van der Waals surface area contributed by atoms with Gasteiger partial charge in [0.05, 0.1) is 41.3 Å². The maximum Gasteiger partial charge on any atom is 0.271 e. The number of anilines is 1. The minimum Gasteiger partial charge on any atom is -0.391 e. The molecular weight excluding hydrogens is 1130 g/mol. The lowest BCUT2D eigenvalue weighted by atomic mass is 9.96. The number of aromatic nitrogens is 5. The van der Waals surface area contributed by atoms with Crippen molar-refractivity contribution in [2.45, 2.75) is 115 Å². The lowest BCUT2D eigenvalue weighted by Crippen LogP contribution is -2.57. The van der Waals surface area contributed by atoms with Gasteiger partial charge < -0.3 is 81.4 Å². The molecule has 0 spiro atoms. The Bertz CT molecular complexity index is 2740. The monoisotopic (exact) mass is 1210 g/mol. The van der Waals surface area contributed by atoms with Crippen molar-refractivity contribution in [1.82, 2.24) is 67.5 Å². The zero-order valence-corrected chi connectivity index (χ0v) is 49.3. The molecule has 0 aliphatic rings. The zero-order valence-electron chi connectivity index (χ0n) is 46.1. The first-order valence-electron chi connectivity index (χ1n) is 26.3. The molecule has 7 amide bonds. The van der Waals surface area contributed by atoms with Crippen LogP contribution >= 0.6 is 34.0 Å². The Labute approximate surface area is 484 Å². The molecule has 4 heterocycles. The van der Waals surface area contributed by atoms with Gasteiger partial charge in [-0.3, -0.25) is 37.8 Å². The van der Waals surface area contributed by atoms with Crippen molar-refractivity contribution in [1.29, 1.82) is 0 Å². The van der Waals surface area contributed by atoms with Crippen molar-refractivity contribution in [3.8, 4) is 21.4 Å². The number of unbranched alkanes of at least 4 members (excludes halogenated alkanes) is 1. The van der Waals surface area contributed by atoms with Gasteiger partial charge in [0.2, 0.25) is 29.5 Å². The lowest BCUT2D eigenvalue weighted by molar-refractivity contribution is -0.136. The smallest absolute Gasteiger partial charge is 0.271 e. The summed E-state index contributed by atoms with van der Waals surface area (Å²) in [4.78, 5) is 113. The van der Waals surface area contributed by atoms with E-state index in [4.69, 9.17) is 33.7 Å². The molecule has 0 saturated heterocycles. The standard InChI is InChI=1S/C49H78N18O10S4/c1-25-37(65-42(67-40(25)53)31(20-35(52)69)59-21-29(51)41(54)71)47(76)62-30(11-19-81(5)77)45(74)60-27(3)39(70)26(2)43(72)66-38(28(4)68)46(75)58-18-10-36-61-33(23-78-36)48-64-34(24-80-48)49-63-32(22-79-49)44(73)57-17-9-16-56-14-7-6-13-55-15-8-12-50/h22-24,26-31,38-39,55-56,59,68,70H,6-21,50-51H2,1-5H3,(H2,52,69)(H2,54,71)(H,57,73)(H,58,75)(H,60,74)(H,62,76)(H,66,72)(H2,53,65,67)/t26-,27+,28+,29-,30-,31-,38-,39-,81?/m0/s1. The van der Waals surface area contributed by atoms with Crippen LogP contribution in [0, 0.1) is 12.8 Å². The third-order valence-corrected chi connectivity index (χ3v) is 15.9. The molecule has 32 heteroatoms. The largest absolute Gasteiger partial charge is 0.391 e. The summed E-state index contributed by atoms with van der Waals surface area (Å²) in [5, 5.41) is 52.0. The van der Waals surface area contributed by atoms with Gasteiger partial charge in [-0.2, -0.15) is 0 Å². The molecule has 0 aliphatic carbocycles. The second-order valence-corrected chi connectivity index (χ2v) is 23.4. The predicted molar refractivity (Wildman–Crippen MR) is 311 cm³/mol. The van der Waals surface area contributed by atoms with Gasteiger partial charge in [0.25, 0.3) is 11.8 Å². The number of aliphatic hydroxyl groups is 2. The van der Waals surface area contributed by atoms with Crippen LogP contribution in [0.5, 0.6) is 0 Å². The van der Waals surface area contributed by atoms with Crippen LogP contribution in [0.1, 0.15) is 103 Å². The summed E-state index contributed by atoms with van der Waals surface area (Å²) in [5.74, 6) is -6.74. The van der Waals surface area contributed by atoms with Crippen LogP contribution in [0.3, 0.4) is 0 Å². The number of nitrogens with one attached hydrogen (secondary N) is 8. The van der Waals surface area contributed by atoms with E-state index < -0.39 is 101 Å². The fraction of sp³-hybridized carbons (Fsp3) is 0.592. The van der Waals surface area contributed by atoms with Gasteiger partial charge >= 0.3 is 0 Å². The molecule has 81 heavy (non-hydrogen) atoms. The van der Waals surface area contributed by atoms with E-state index in [-0.39, 0.29) is 54.1 Å². The number of nitrogen functional groups attached to an aromatic ring is 1. The number of nitrogens with zero attached hydrogens (tertiary/aromatic N) is 5. The van der Waals surface area contributed by atoms with Gasteiger partial charge in [0.1, 0.15) is 56.5 Å². The number of carbonyl (C=O) groups excluding carboxylic acids is 7. The van der Waals surface area contributed by atoms with E-state index >= 15 is 0 Å². The number of nitrogens with two attached hydrogens (primary N) is 5. The van der Waals surface area contributed by atoms with Gasteiger partial charge in [-0.05, 0) is 85.6 Å². The molecule has 4 aromatic rings. The predicted octanol–water partition coefficient (Wildman–Crippen LogP) is -2.59. The Hall–Kier alpha value is -6.07. The Kier molecular flexibility index (Phi) is 28.6. The van der Waals surface area contributed by atoms with Crippen LogP contribution in [-0.2, 0) is 41.2 Å². The molecule has 448 valence electrons. The molecule has 28 nitrogen and oxygen atoms in total. The van der Waals surface area contributed by atoms with Crippen molar-refractivity contribution in [3.05, 3.63) is 43.9 Å². The highest BCUT2D eigenvalue weighted by atomic mass is 32.2. The highest BCUT2D eigenvalue weighted by molar-refractivity contribution is 7.84. The normalized spacial score (nSPS) is 14.8. The van der Waals surface area contributed by atoms with Crippen LogP contribution in [0.4, 0.5) is 5.82 Å². The molecule has 0 aliphatic heterocycles. The molecule has 0 fully saturated rings. The summed E-state index contributed by atoms with van der Waals surface area (Å²) in [6, 6.07) is -6.15. The molecule has 4 aromatic heterocycles. The SMILES string of the molecule is Cc1c(N)nc([C@H](CC(N)=O)NC[C@H](N)C(N)=O)nc1C(=O)N[C@@H](CCS(C)=O)C(=O)N[C@H](C)[C@@H](O)[C@H](C)C(=O)N[C@H](C(=O)NCCc1nc(-c2nc(-c3nc(C(=O)NCCCNCCCCNCCCN)cs3)cs2)cs1)[C@@H](C)O. The fourth-order valence-corrected chi connectivity index (χ4v) is 10.6. The van der Waals surface area contributed by atoms with Gasteiger partial charge in [-0.1, -0.05) is 6.92 Å². The van der Waals surface area contributed by atoms with Crippen molar-refractivity contribution >= 4 is 92.0 Å². The fourth-order valence-electron chi connectivity index (χ4n) is 7.62. The molecule has 20 N–H and O–H groups in total. The Morgan fingerprint density at radius 2 is 1.37 bits per heavy atom. The van der Waals surface area contributed by atoms with Crippen LogP contribution in [0.25, 0.3) is 21.4 Å². The minimum absolute atomic E-state index is 0.0362. The van der Waals surface area contributed by atoms with E-state index in [2.05, 4.69) is 62.5 Å². The number of carbonyl (C=O) groups is 7. The molecule has 1 unspecified atom stereocenters. The number of hydrogen-bond acceptors (Lipinski definition) is 24. The summed E-state index contributed by atoms with van der Waals surface area (Å²) < 4.78 is 12.1. The first-order valence-corrected chi connectivity index (χ1v) is 30.7. The van der Waals surface area contributed by atoms with E-state index in [0.29, 0.717) is 51.6 Å². The van der Waals surface area contributed by atoms with E-state index in [1.807, 2.05) is 10.8 Å². The van der Waals surface area contributed by atoms with Crippen LogP contribution in [-0.4, -0.2) is 181 Å². The van der Waals surface area contributed by atoms with E-state index in [1.165, 1.54) is 68.0 Å². The third-order valence-electron chi connectivity index (χ3n) is 12.5. The van der Waals surface area contributed by atoms with E-state index in [9.17, 15) is 48.0 Å². The van der Waals surface area contributed by atoms with Crippen LogP contribution in [0.2, 0.25) is 0 Å². The summed E-state index contributed by atoms with van der Waals surface area (Å²) in [5.41, 5.74) is 29.4. The van der Waals surface area contributed by atoms with Gasteiger partial charge in [-0.15, -0.1) is 34.0 Å². The summed E-state index contributed by atoms with van der Waals surface area (Å²) in [6.45, 7) is 10.3. The Morgan fingerprint density at radius 1 is 0.728 bits per heavy atom. The maximum atomic E-state index is 13.8. The van der Waals surface area contributed by atoms with Gasteiger partial charge in [0, 0.05) is 77.0 Å². The molecule has 0 bridgehead atoms. The van der Waals surface area contributed by atoms with Gasteiger partial charge in [-0.25, -0.2) is 24.9 Å². The zero-order chi connectivity index (χ0) is 59.8. The number of primary amides is 2. The summed E-state index contributed by atoms with van der Waals surface area (Å²) >= 11 is 4.05. The molecule has 0 radical (unpaired) electrons. The van der Waals surface area contributed by atoms with Crippen LogP contribution < -0.4 is 71.2 Å². The van der Waals surface area contributed by atoms with Crippen LogP contribution in [0.15, 0.2) is 16.1 Å². The molecule has 9 atom stereocenters. The second-order valence-electron chi connectivity index (χ2n) is 19.2. The van der Waals surface area contributed by atoms with Crippen molar-refractivity contribution in [3.63, 3.8) is 0 Å². The Balaban J connectivity index is 1.27. The van der Waals surface area contributed by atoms with Crippen molar-refractivity contribution < 1.29 is 48.0 Å². The molecule has 0 saturated carbocycles. The highest BCUT2D eigenvalue weighted by Crippen LogP contribution is 2.31. The topological polar surface area (TPSA) is 468 Å². The number of amides is 7. The molecular formula is C49H78N18O10S4. The lowest BCUT2D eigenvalue weighted by Gasteiger charge is -2.29. The quantitative estimate of drug-likeness (QED) is 0.0205. The number of rotatable bonds is 38. The van der Waals surface area contributed by atoms with Gasteiger partial charge in [0.15, 0.2) is 0 Å². The van der Waals surface area contributed by atoms with Crippen molar-refractivity contribution in [2.24, 2.45) is 28.9 Å². The number of aliphatic hydroxyl groups excluding tert-OH is 2. The number of hydrogen-bond donors (Lipinski definition) is 15. The Morgan fingerprint density at radius 3 is 2.02 bits per heavy atom. The third kappa shape index (κ3) is 22.3. The summed E-state index contributed by atoms with van der Waals surface area (Å²) in [7, 11) is -1.42.